The van der Waals surface area contributed by atoms with Crippen molar-refractivity contribution in [1.29, 1.82) is 0 Å². The van der Waals surface area contributed by atoms with Crippen molar-refractivity contribution in [3.05, 3.63) is 0 Å². The van der Waals surface area contributed by atoms with Crippen LogP contribution in [0, 0.1) is 0 Å². The van der Waals surface area contributed by atoms with Gasteiger partial charge in [0.2, 0.25) is 10.0 Å². The Labute approximate surface area is 85.3 Å². The predicted molar refractivity (Wildman–Crippen MR) is 53.5 cm³/mol. The Morgan fingerprint density at radius 3 is 2.29 bits per heavy atom. The predicted octanol–water partition coefficient (Wildman–Crippen LogP) is 0.589. The third kappa shape index (κ3) is 1.68. The van der Waals surface area contributed by atoms with Crippen molar-refractivity contribution in [2.24, 2.45) is 0 Å². The number of nitrogens with zero attached hydrogens (tertiary/aromatic N) is 1. The fourth-order valence-corrected chi connectivity index (χ4v) is 4.17. The van der Waals surface area contributed by atoms with Gasteiger partial charge in [0.05, 0.1) is 5.25 Å². The Hall–Kier alpha value is -0.130. The quantitative estimate of drug-likeness (QED) is 0.683. The van der Waals surface area contributed by atoms with Gasteiger partial charge < -0.3 is 4.74 Å². The van der Waals surface area contributed by atoms with E-state index in [1.807, 2.05) is 6.92 Å². The summed E-state index contributed by atoms with van der Waals surface area (Å²) in [5, 5.41) is -0.195. The van der Waals surface area contributed by atoms with E-state index in [4.69, 9.17) is 4.74 Å². The third-order valence-corrected chi connectivity index (χ3v) is 5.69. The lowest BCUT2D eigenvalue weighted by Gasteiger charge is -2.40. The first kappa shape index (κ1) is 10.4. The summed E-state index contributed by atoms with van der Waals surface area (Å²) in [6, 6.07) is 0.211. The molecular formula is C9H17NO3S. The minimum atomic E-state index is -3.02. The Kier molecular flexibility index (Phi) is 2.81. The molecular weight excluding hydrogens is 202 g/mol. The minimum absolute atomic E-state index is 0.195. The maximum absolute atomic E-state index is 12.0. The van der Waals surface area contributed by atoms with Crippen LogP contribution in [0.4, 0.5) is 0 Å². The molecule has 0 spiro atoms. The highest BCUT2D eigenvalue weighted by Crippen LogP contribution is 2.27. The van der Waals surface area contributed by atoms with Crippen molar-refractivity contribution in [3.63, 3.8) is 0 Å². The fraction of sp³-hybridized carbons (Fsp3) is 1.00. The molecule has 5 heteroatoms. The first-order valence-corrected chi connectivity index (χ1v) is 6.71. The lowest BCUT2D eigenvalue weighted by molar-refractivity contribution is 0.0953. The van der Waals surface area contributed by atoms with Gasteiger partial charge in [-0.3, -0.25) is 0 Å². The molecule has 14 heavy (non-hydrogen) atoms. The van der Waals surface area contributed by atoms with Gasteiger partial charge in [0, 0.05) is 25.8 Å². The summed E-state index contributed by atoms with van der Waals surface area (Å²) in [6.45, 7) is 3.86. The van der Waals surface area contributed by atoms with Gasteiger partial charge in [0.25, 0.3) is 0 Å². The lowest BCUT2D eigenvalue weighted by atomic mass is 10.1. The molecule has 1 atom stereocenters. The van der Waals surface area contributed by atoms with E-state index in [9.17, 15) is 8.42 Å². The second-order valence-corrected chi connectivity index (χ2v) is 6.27. The molecule has 2 fully saturated rings. The molecule has 4 nitrogen and oxygen atoms in total. The summed E-state index contributed by atoms with van der Waals surface area (Å²) in [7, 11) is -3.02. The number of ether oxygens (including phenoxy) is 1. The molecule has 2 aliphatic rings. The molecule has 0 amide bonds. The van der Waals surface area contributed by atoms with Gasteiger partial charge in [-0.2, -0.15) is 4.31 Å². The molecule has 0 saturated carbocycles. The fourth-order valence-electron chi connectivity index (χ4n) is 2.04. The second kappa shape index (κ2) is 3.79. The van der Waals surface area contributed by atoms with E-state index in [1.54, 1.807) is 4.31 Å². The number of rotatable bonds is 2. The molecule has 0 radical (unpaired) electrons. The molecule has 2 heterocycles. The summed E-state index contributed by atoms with van der Waals surface area (Å²) in [5.41, 5.74) is 0. The zero-order valence-corrected chi connectivity index (χ0v) is 9.29. The van der Waals surface area contributed by atoms with E-state index in [2.05, 4.69) is 0 Å². The molecule has 0 aromatic rings. The molecule has 0 aromatic heterocycles. The van der Waals surface area contributed by atoms with Crippen LogP contribution < -0.4 is 0 Å². The van der Waals surface area contributed by atoms with Crippen molar-refractivity contribution in [2.45, 2.75) is 37.5 Å². The van der Waals surface area contributed by atoms with Crippen molar-refractivity contribution >= 4 is 10.0 Å². The maximum atomic E-state index is 12.0. The van der Waals surface area contributed by atoms with E-state index in [-0.39, 0.29) is 11.3 Å². The van der Waals surface area contributed by atoms with Crippen LogP contribution in [-0.2, 0) is 14.8 Å². The van der Waals surface area contributed by atoms with Crippen LogP contribution in [0.15, 0.2) is 0 Å². The first-order chi connectivity index (χ1) is 6.62. The van der Waals surface area contributed by atoms with Crippen LogP contribution in [0.5, 0.6) is 0 Å². The highest BCUT2D eigenvalue weighted by Gasteiger charge is 2.40. The SMILES string of the molecule is C[C@@H]1CCN1S(=O)(=O)C1CCOCC1. The molecule has 0 N–H and O–H groups in total. The smallest absolute Gasteiger partial charge is 0.217 e. The van der Waals surface area contributed by atoms with Gasteiger partial charge in [0.15, 0.2) is 0 Å². The average molecular weight is 219 g/mol. The Morgan fingerprint density at radius 2 is 1.86 bits per heavy atom. The lowest BCUT2D eigenvalue weighted by Crippen LogP contribution is -2.53. The van der Waals surface area contributed by atoms with E-state index < -0.39 is 10.0 Å². The van der Waals surface area contributed by atoms with Crippen LogP contribution in [0.2, 0.25) is 0 Å². The Balaban J connectivity index is 2.06. The van der Waals surface area contributed by atoms with E-state index in [0.29, 0.717) is 32.6 Å². The molecule has 0 aromatic carbocycles. The molecule has 2 aliphatic heterocycles. The molecule has 2 rings (SSSR count). The third-order valence-electron chi connectivity index (χ3n) is 3.18. The van der Waals surface area contributed by atoms with Gasteiger partial charge >= 0.3 is 0 Å². The van der Waals surface area contributed by atoms with Crippen LogP contribution in [0.3, 0.4) is 0 Å². The normalized spacial score (nSPS) is 31.4. The monoisotopic (exact) mass is 219 g/mol. The molecule has 2 saturated heterocycles. The maximum Gasteiger partial charge on any atom is 0.217 e. The van der Waals surface area contributed by atoms with Gasteiger partial charge in [-0.1, -0.05) is 0 Å². The topological polar surface area (TPSA) is 46.6 Å². The van der Waals surface area contributed by atoms with Crippen LogP contribution >= 0.6 is 0 Å². The van der Waals surface area contributed by atoms with Gasteiger partial charge in [-0.25, -0.2) is 8.42 Å². The molecule has 0 bridgehead atoms. The minimum Gasteiger partial charge on any atom is -0.381 e. The van der Waals surface area contributed by atoms with E-state index in [1.165, 1.54) is 0 Å². The summed E-state index contributed by atoms with van der Waals surface area (Å²) in [6.07, 6.45) is 2.32. The summed E-state index contributed by atoms with van der Waals surface area (Å²) < 4.78 is 30.9. The van der Waals surface area contributed by atoms with Crippen LogP contribution in [-0.4, -0.2) is 43.8 Å². The standard InChI is InChI=1S/C9H17NO3S/c1-8-2-5-10(8)14(11,12)9-3-6-13-7-4-9/h8-9H,2-7H2,1H3/t8-/m1/s1. The van der Waals surface area contributed by atoms with Gasteiger partial charge in [0.1, 0.15) is 0 Å². The zero-order valence-electron chi connectivity index (χ0n) is 8.48. The van der Waals surface area contributed by atoms with Crippen molar-refractivity contribution in [2.75, 3.05) is 19.8 Å². The van der Waals surface area contributed by atoms with Gasteiger partial charge in [-0.15, -0.1) is 0 Å². The average Bonchev–Trinajstić information content (AvgIpc) is 2.16. The zero-order chi connectivity index (χ0) is 10.2. The number of hydrogen-bond acceptors (Lipinski definition) is 3. The highest BCUT2D eigenvalue weighted by molar-refractivity contribution is 7.89. The molecule has 82 valence electrons. The molecule has 0 aliphatic carbocycles. The number of sulfonamides is 1. The van der Waals surface area contributed by atoms with Gasteiger partial charge in [-0.05, 0) is 26.2 Å². The largest absolute Gasteiger partial charge is 0.381 e. The van der Waals surface area contributed by atoms with Crippen LogP contribution in [0.25, 0.3) is 0 Å². The van der Waals surface area contributed by atoms with Crippen molar-refractivity contribution in [1.82, 2.24) is 4.31 Å². The number of hydrogen-bond donors (Lipinski definition) is 0. The van der Waals surface area contributed by atoms with E-state index in [0.717, 1.165) is 6.42 Å². The summed E-state index contributed by atoms with van der Waals surface area (Å²) in [5.74, 6) is 0. The highest BCUT2D eigenvalue weighted by atomic mass is 32.2. The summed E-state index contributed by atoms with van der Waals surface area (Å²) in [4.78, 5) is 0. The second-order valence-electron chi connectivity index (χ2n) is 4.11. The Morgan fingerprint density at radius 1 is 1.21 bits per heavy atom. The van der Waals surface area contributed by atoms with Crippen molar-refractivity contribution < 1.29 is 13.2 Å². The summed E-state index contributed by atoms with van der Waals surface area (Å²) >= 11 is 0. The molecule has 0 unspecified atom stereocenters. The van der Waals surface area contributed by atoms with E-state index >= 15 is 0 Å². The Bertz CT molecular complexity index is 295. The first-order valence-electron chi connectivity index (χ1n) is 5.21. The van der Waals surface area contributed by atoms with Crippen molar-refractivity contribution in [3.8, 4) is 0 Å². The van der Waals surface area contributed by atoms with Crippen LogP contribution in [0.1, 0.15) is 26.2 Å².